The summed E-state index contributed by atoms with van der Waals surface area (Å²) < 4.78 is 4.87. The highest BCUT2D eigenvalue weighted by molar-refractivity contribution is 8.03. The Kier molecular flexibility index (Phi) is 6.85. The molecule has 0 radical (unpaired) electrons. The molecule has 0 unspecified atom stereocenters. The van der Waals surface area contributed by atoms with Gasteiger partial charge >= 0.3 is 0 Å². The van der Waals surface area contributed by atoms with E-state index in [9.17, 15) is 14.9 Å². The molecular formula is C17H19N3O3S. The maximum atomic E-state index is 12.0. The molecule has 0 aliphatic carbocycles. The molecule has 1 aromatic carbocycles. The molecule has 2 N–H and O–H groups in total. The van der Waals surface area contributed by atoms with E-state index >= 15 is 0 Å². The minimum atomic E-state index is -0.274. The van der Waals surface area contributed by atoms with Crippen molar-refractivity contribution in [2.24, 2.45) is 0 Å². The zero-order valence-electron chi connectivity index (χ0n) is 13.4. The van der Waals surface area contributed by atoms with Crippen LogP contribution in [-0.2, 0) is 14.3 Å². The fourth-order valence-corrected chi connectivity index (χ4v) is 3.29. The molecule has 0 bridgehead atoms. The molecule has 0 spiro atoms. The predicted octanol–water partition coefficient (Wildman–Crippen LogP) is 1.52. The number of amides is 2. The number of nitriles is 1. The van der Waals surface area contributed by atoms with Gasteiger partial charge in [0.15, 0.2) is 0 Å². The first kappa shape index (κ1) is 18.0. The zero-order chi connectivity index (χ0) is 17.4. The van der Waals surface area contributed by atoms with Crippen LogP contribution in [0.25, 0.3) is 0 Å². The second-order valence-corrected chi connectivity index (χ2v) is 6.19. The van der Waals surface area contributed by atoms with Gasteiger partial charge in [0.05, 0.1) is 29.0 Å². The van der Waals surface area contributed by atoms with Gasteiger partial charge in [0.25, 0.3) is 0 Å². The Balaban J connectivity index is 2.10. The highest BCUT2D eigenvalue weighted by Crippen LogP contribution is 2.35. The molecule has 1 aliphatic heterocycles. The van der Waals surface area contributed by atoms with Gasteiger partial charge in [-0.15, -0.1) is 0 Å². The van der Waals surface area contributed by atoms with Crippen LogP contribution in [0.5, 0.6) is 0 Å². The van der Waals surface area contributed by atoms with Crippen LogP contribution in [0.4, 0.5) is 0 Å². The summed E-state index contributed by atoms with van der Waals surface area (Å²) >= 11 is 1.17. The van der Waals surface area contributed by atoms with Gasteiger partial charge in [-0.25, -0.2) is 0 Å². The third-order valence-electron chi connectivity index (χ3n) is 3.53. The maximum Gasteiger partial charge on any atom is 0.230 e. The smallest absolute Gasteiger partial charge is 0.230 e. The Morgan fingerprint density at radius 1 is 1.46 bits per heavy atom. The molecule has 24 heavy (non-hydrogen) atoms. The van der Waals surface area contributed by atoms with Gasteiger partial charge in [0.2, 0.25) is 11.8 Å². The number of hydrogen-bond donors (Lipinski definition) is 2. The van der Waals surface area contributed by atoms with Gasteiger partial charge in [-0.3, -0.25) is 9.59 Å². The first-order chi connectivity index (χ1) is 11.7. The molecule has 1 aromatic rings. The first-order valence-electron chi connectivity index (χ1n) is 7.53. The Labute approximate surface area is 145 Å². The van der Waals surface area contributed by atoms with Crippen LogP contribution in [0.3, 0.4) is 0 Å². The summed E-state index contributed by atoms with van der Waals surface area (Å²) in [4.78, 5) is 23.8. The standard InChI is InChI=1S/C17H19N3O3S/c1-23-8-7-19-16(22)11-24-17-14(10-18)13(9-15(21)20-17)12-5-3-2-4-6-12/h2-6,13H,7-9,11H2,1H3,(H,19,22)(H,20,21)/t13-/m1/s1. The van der Waals surface area contributed by atoms with E-state index in [0.717, 1.165) is 5.56 Å². The molecule has 2 amide bonds. The number of carbonyl (C=O) groups is 2. The van der Waals surface area contributed by atoms with E-state index in [1.54, 1.807) is 7.11 Å². The molecule has 6 nitrogen and oxygen atoms in total. The SMILES string of the molecule is COCCNC(=O)CSC1=C(C#N)[C@@H](c2ccccc2)CC(=O)N1. The van der Waals surface area contributed by atoms with Crippen molar-refractivity contribution < 1.29 is 14.3 Å². The van der Waals surface area contributed by atoms with Crippen molar-refractivity contribution in [3.63, 3.8) is 0 Å². The van der Waals surface area contributed by atoms with Crippen LogP contribution in [0, 0.1) is 11.3 Å². The number of ether oxygens (including phenoxy) is 1. The van der Waals surface area contributed by atoms with Crippen molar-refractivity contribution in [3.05, 3.63) is 46.5 Å². The van der Waals surface area contributed by atoms with Gasteiger partial charge in [-0.2, -0.15) is 5.26 Å². The molecule has 7 heteroatoms. The third kappa shape index (κ3) is 4.85. The molecule has 0 saturated carbocycles. The normalized spacial score (nSPS) is 17.2. The number of nitrogens with zero attached hydrogens (tertiary/aromatic N) is 1. The number of allylic oxidation sites excluding steroid dienone is 1. The second kappa shape index (κ2) is 9.11. The quantitative estimate of drug-likeness (QED) is 0.731. The van der Waals surface area contributed by atoms with E-state index in [4.69, 9.17) is 4.74 Å². The van der Waals surface area contributed by atoms with Gasteiger partial charge in [0.1, 0.15) is 0 Å². The van der Waals surface area contributed by atoms with Crippen LogP contribution in [0.1, 0.15) is 17.9 Å². The lowest BCUT2D eigenvalue weighted by Crippen LogP contribution is -2.32. The predicted molar refractivity (Wildman–Crippen MR) is 91.9 cm³/mol. The van der Waals surface area contributed by atoms with E-state index in [1.165, 1.54) is 11.8 Å². The molecular weight excluding hydrogens is 326 g/mol. The molecule has 1 heterocycles. The monoisotopic (exact) mass is 345 g/mol. The molecule has 1 atom stereocenters. The number of nitrogens with one attached hydrogen (secondary N) is 2. The summed E-state index contributed by atoms with van der Waals surface area (Å²) in [5, 5.41) is 15.4. The first-order valence-corrected chi connectivity index (χ1v) is 8.51. The summed E-state index contributed by atoms with van der Waals surface area (Å²) in [6, 6.07) is 11.7. The Bertz CT molecular complexity index is 667. The van der Waals surface area contributed by atoms with Crippen LogP contribution in [0.15, 0.2) is 40.9 Å². The minimum Gasteiger partial charge on any atom is -0.383 e. The van der Waals surface area contributed by atoms with Crippen molar-refractivity contribution in [1.82, 2.24) is 10.6 Å². The van der Waals surface area contributed by atoms with Crippen LogP contribution >= 0.6 is 11.8 Å². The van der Waals surface area contributed by atoms with Gasteiger partial charge in [0, 0.05) is 26.0 Å². The number of methoxy groups -OCH3 is 1. The Morgan fingerprint density at radius 3 is 2.88 bits per heavy atom. The summed E-state index contributed by atoms with van der Waals surface area (Å²) in [6.07, 6.45) is 0.233. The highest BCUT2D eigenvalue weighted by atomic mass is 32.2. The number of rotatable bonds is 7. The van der Waals surface area contributed by atoms with Crippen molar-refractivity contribution in [2.45, 2.75) is 12.3 Å². The number of thioether (sulfide) groups is 1. The zero-order valence-corrected chi connectivity index (χ0v) is 14.2. The van der Waals surface area contributed by atoms with Crippen molar-refractivity contribution in [2.75, 3.05) is 26.0 Å². The minimum absolute atomic E-state index is 0.131. The third-order valence-corrected chi connectivity index (χ3v) is 4.55. The van der Waals surface area contributed by atoms with E-state index in [1.807, 2.05) is 30.3 Å². The molecule has 0 aromatic heterocycles. The topological polar surface area (TPSA) is 91.2 Å². The van der Waals surface area contributed by atoms with Crippen LogP contribution in [-0.4, -0.2) is 37.8 Å². The number of benzene rings is 1. The molecule has 0 fully saturated rings. The van der Waals surface area contributed by atoms with E-state index in [0.29, 0.717) is 23.8 Å². The number of carbonyl (C=O) groups excluding carboxylic acids is 2. The summed E-state index contributed by atoms with van der Waals surface area (Å²) in [6.45, 7) is 0.869. The van der Waals surface area contributed by atoms with Gasteiger partial charge in [-0.1, -0.05) is 42.1 Å². The largest absolute Gasteiger partial charge is 0.383 e. The van der Waals surface area contributed by atoms with Gasteiger partial charge < -0.3 is 15.4 Å². The molecule has 2 rings (SSSR count). The van der Waals surface area contributed by atoms with Crippen molar-refractivity contribution >= 4 is 23.6 Å². The van der Waals surface area contributed by atoms with E-state index < -0.39 is 0 Å². The van der Waals surface area contributed by atoms with Crippen LogP contribution < -0.4 is 10.6 Å². The fraction of sp³-hybridized carbons (Fsp3) is 0.353. The molecule has 1 aliphatic rings. The van der Waals surface area contributed by atoms with Gasteiger partial charge in [-0.05, 0) is 5.56 Å². The average molecular weight is 345 g/mol. The summed E-state index contributed by atoms with van der Waals surface area (Å²) in [5.74, 6) is -0.460. The number of hydrogen-bond acceptors (Lipinski definition) is 5. The van der Waals surface area contributed by atoms with Crippen molar-refractivity contribution in [3.8, 4) is 6.07 Å². The lowest BCUT2D eigenvalue weighted by molar-refractivity contribution is -0.121. The lowest BCUT2D eigenvalue weighted by Gasteiger charge is -2.25. The maximum absolute atomic E-state index is 12.0. The molecule has 0 saturated heterocycles. The highest BCUT2D eigenvalue weighted by Gasteiger charge is 2.29. The fourth-order valence-electron chi connectivity index (χ4n) is 2.38. The second-order valence-electron chi connectivity index (χ2n) is 5.20. The van der Waals surface area contributed by atoms with Crippen LogP contribution in [0.2, 0.25) is 0 Å². The Hall–Kier alpha value is -2.30. The van der Waals surface area contributed by atoms with Crippen molar-refractivity contribution in [1.29, 1.82) is 5.26 Å². The lowest BCUT2D eigenvalue weighted by atomic mass is 9.87. The average Bonchev–Trinajstić information content (AvgIpc) is 2.60. The molecule has 126 valence electrons. The summed E-state index contributed by atoms with van der Waals surface area (Å²) in [7, 11) is 1.56. The Morgan fingerprint density at radius 2 is 2.21 bits per heavy atom. The summed E-state index contributed by atoms with van der Waals surface area (Å²) in [5.41, 5.74) is 1.42. The van der Waals surface area contributed by atoms with E-state index in [2.05, 4.69) is 16.7 Å². The van der Waals surface area contributed by atoms with E-state index in [-0.39, 0.29) is 29.9 Å².